The van der Waals surface area contributed by atoms with Gasteiger partial charge >= 0.3 is 6.03 Å². The summed E-state index contributed by atoms with van der Waals surface area (Å²) in [4.78, 5) is 16.5. The fourth-order valence-electron chi connectivity index (χ4n) is 2.91. The summed E-state index contributed by atoms with van der Waals surface area (Å²) in [6, 6.07) is 5.77. The number of amides is 2. The van der Waals surface area contributed by atoms with Gasteiger partial charge < -0.3 is 19.2 Å². The summed E-state index contributed by atoms with van der Waals surface area (Å²) >= 11 is 0. The molecule has 0 radical (unpaired) electrons. The molecule has 1 unspecified atom stereocenters. The van der Waals surface area contributed by atoms with E-state index in [-0.39, 0.29) is 12.1 Å². The number of rotatable bonds is 5. The highest BCUT2D eigenvalue weighted by Gasteiger charge is 2.22. The minimum Gasteiger partial charge on any atom is -0.469 e. The fourth-order valence-corrected chi connectivity index (χ4v) is 2.91. The van der Waals surface area contributed by atoms with Crippen LogP contribution in [0.25, 0.3) is 0 Å². The molecule has 0 saturated carbocycles. The van der Waals surface area contributed by atoms with Crippen LogP contribution < -0.4 is 5.32 Å². The summed E-state index contributed by atoms with van der Waals surface area (Å²) in [6.45, 7) is 7.76. The third-order valence-corrected chi connectivity index (χ3v) is 4.18. The van der Waals surface area contributed by atoms with E-state index in [9.17, 15) is 4.79 Å². The Balaban J connectivity index is 1.41. The Labute approximate surface area is 141 Å². The molecule has 1 aliphatic rings. The van der Waals surface area contributed by atoms with Crippen LogP contribution in [0.4, 0.5) is 4.79 Å². The Morgan fingerprint density at radius 3 is 2.79 bits per heavy atom. The maximum absolute atomic E-state index is 12.3. The van der Waals surface area contributed by atoms with Crippen LogP contribution in [0, 0.1) is 6.92 Å². The lowest BCUT2D eigenvalue weighted by molar-refractivity contribution is 0.132. The maximum atomic E-state index is 12.3. The van der Waals surface area contributed by atoms with Crippen molar-refractivity contribution in [3.63, 3.8) is 0 Å². The lowest BCUT2D eigenvalue weighted by Gasteiger charge is -2.34. The SMILES string of the molecule is Cc1cc(CN2CCN(C(=O)NC(C)Cc3ccco3)CC2)no1. The van der Waals surface area contributed by atoms with Crippen molar-refractivity contribution in [2.45, 2.75) is 32.9 Å². The normalized spacial score (nSPS) is 17.0. The van der Waals surface area contributed by atoms with Gasteiger partial charge in [-0.15, -0.1) is 0 Å². The van der Waals surface area contributed by atoms with E-state index in [1.807, 2.05) is 36.9 Å². The van der Waals surface area contributed by atoms with Gasteiger partial charge in [0.05, 0.1) is 12.0 Å². The fraction of sp³-hybridized carbons (Fsp3) is 0.529. The molecule has 2 amide bonds. The molecular weight excluding hydrogens is 308 g/mol. The number of nitrogens with one attached hydrogen (secondary N) is 1. The van der Waals surface area contributed by atoms with Crippen molar-refractivity contribution in [1.82, 2.24) is 20.3 Å². The Bertz CT molecular complexity index is 645. The zero-order valence-electron chi connectivity index (χ0n) is 14.2. The van der Waals surface area contributed by atoms with E-state index >= 15 is 0 Å². The lowest BCUT2D eigenvalue weighted by Crippen LogP contribution is -2.53. The molecule has 1 aliphatic heterocycles. The summed E-state index contributed by atoms with van der Waals surface area (Å²) < 4.78 is 10.4. The van der Waals surface area contributed by atoms with Gasteiger partial charge in [0, 0.05) is 51.3 Å². The number of hydrogen-bond donors (Lipinski definition) is 1. The number of urea groups is 1. The number of furan rings is 1. The number of hydrogen-bond acceptors (Lipinski definition) is 5. The zero-order chi connectivity index (χ0) is 16.9. The molecule has 1 atom stereocenters. The van der Waals surface area contributed by atoms with E-state index in [1.54, 1.807) is 6.26 Å². The second kappa shape index (κ2) is 7.53. The molecular formula is C17H24N4O3. The van der Waals surface area contributed by atoms with Gasteiger partial charge in [0.1, 0.15) is 11.5 Å². The molecule has 1 N–H and O–H groups in total. The van der Waals surface area contributed by atoms with Crippen LogP contribution in [0.1, 0.15) is 24.1 Å². The third kappa shape index (κ3) is 4.38. The standard InChI is InChI=1S/C17H24N4O3/c1-13(10-16-4-3-9-23-16)18-17(22)21-7-5-20(6-8-21)12-15-11-14(2)24-19-15/h3-4,9,11,13H,5-8,10,12H2,1-2H3,(H,18,22). The number of carbonyl (C=O) groups excluding carboxylic acids is 1. The van der Waals surface area contributed by atoms with Gasteiger partial charge in [0.15, 0.2) is 0 Å². The molecule has 1 fully saturated rings. The molecule has 3 rings (SSSR count). The highest BCUT2D eigenvalue weighted by Crippen LogP contribution is 2.10. The molecule has 1 saturated heterocycles. The second-order valence-electron chi connectivity index (χ2n) is 6.33. The average Bonchev–Trinajstić information content (AvgIpc) is 3.20. The molecule has 0 bridgehead atoms. The minimum atomic E-state index is -0.00835. The number of aryl methyl sites for hydroxylation is 1. The summed E-state index contributed by atoms with van der Waals surface area (Å²) in [7, 11) is 0. The molecule has 0 aliphatic carbocycles. The largest absolute Gasteiger partial charge is 0.469 e. The minimum absolute atomic E-state index is 0.00835. The highest BCUT2D eigenvalue weighted by atomic mass is 16.5. The third-order valence-electron chi connectivity index (χ3n) is 4.18. The predicted molar refractivity (Wildman–Crippen MR) is 88.5 cm³/mol. The number of aromatic nitrogens is 1. The Morgan fingerprint density at radius 1 is 1.38 bits per heavy atom. The van der Waals surface area contributed by atoms with Crippen LogP contribution in [0.5, 0.6) is 0 Å². The van der Waals surface area contributed by atoms with Gasteiger partial charge in [-0.25, -0.2) is 4.79 Å². The van der Waals surface area contributed by atoms with Crippen molar-refractivity contribution in [3.05, 3.63) is 41.7 Å². The molecule has 3 heterocycles. The van der Waals surface area contributed by atoms with Crippen molar-refractivity contribution in [2.75, 3.05) is 26.2 Å². The molecule has 2 aromatic rings. The van der Waals surface area contributed by atoms with Crippen LogP contribution in [0.3, 0.4) is 0 Å². The van der Waals surface area contributed by atoms with E-state index in [4.69, 9.17) is 8.94 Å². The summed E-state index contributed by atoms with van der Waals surface area (Å²) in [5, 5.41) is 7.06. The molecule has 130 valence electrons. The molecule has 2 aromatic heterocycles. The van der Waals surface area contributed by atoms with Crippen molar-refractivity contribution in [1.29, 1.82) is 0 Å². The van der Waals surface area contributed by atoms with Gasteiger partial charge in [0.2, 0.25) is 0 Å². The van der Waals surface area contributed by atoms with Gasteiger partial charge in [-0.05, 0) is 26.0 Å². The topological polar surface area (TPSA) is 74.8 Å². The van der Waals surface area contributed by atoms with Crippen LogP contribution >= 0.6 is 0 Å². The van der Waals surface area contributed by atoms with Crippen molar-refractivity contribution < 1.29 is 13.7 Å². The smallest absolute Gasteiger partial charge is 0.317 e. The quantitative estimate of drug-likeness (QED) is 0.907. The lowest BCUT2D eigenvalue weighted by atomic mass is 10.2. The first-order valence-electron chi connectivity index (χ1n) is 8.32. The van der Waals surface area contributed by atoms with Crippen LogP contribution in [0.15, 0.2) is 33.4 Å². The van der Waals surface area contributed by atoms with E-state index < -0.39 is 0 Å². The van der Waals surface area contributed by atoms with Crippen LogP contribution in [0.2, 0.25) is 0 Å². The first-order chi connectivity index (χ1) is 11.6. The van der Waals surface area contributed by atoms with Crippen molar-refractivity contribution in [3.8, 4) is 0 Å². The molecule has 24 heavy (non-hydrogen) atoms. The summed E-state index contributed by atoms with van der Waals surface area (Å²) in [6.07, 6.45) is 2.35. The monoisotopic (exact) mass is 332 g/mol. The first-order valence-corrected chi connectivity index (χ1v) is 8.32. The van der Waals surface area contributed by atoms with Gasteiger partial charge in [-0.1, -0.05) is 5.16 Å². The van der Waals surface area contributed by atoms with Gasteiger partial charge in [-0.3, -0.25) is 4.90 Å². The van der Waals surface area contributed by atoms with Crippen LogP contribution in [-0.4, -0.2) is 53.2 Å². The van der Waals surface area contributed by atoms with E-state index in [0.717, 1.165) is 49.9 Å². The molecule has 7 heteroatoms. The Kier molecular flexibility index (Phi) is 5.20. The summed E-state index contributed by atoms with van der Waals surface area (Å²) in [5.74, 6) is 1.71. The molecule has 7 nitrogen and oxygen atoms in total. The Hall–Kier alpha value is -2.28. The van der Waals surface area contributed by atoms with Crippen molar-refractivity contribution >= 4 is 6.03 Å². The average molecular weight is 332 g/mol. The van der Waals surface area contributed by atoms with Gasteiger partial charge in [0.25, 0.3) is 0 Å². The number of nitrogens with zero attached hydrogens (tertiary/aromatic N) is 3. The van der Waals surface area contributed by atoms with E-state index in [2.05, 4.69) is 15.4 Å². The summed E-state index contributed by atoms with van der Waals surface area (Å²) in [5.41, 5.74) is 0.942. The maximum Gasteiger partial charge on any atom is 0.317 e. The zero-order valence-corrected chi connectivity index (χ0v) is 14.2. The number of piperazine rings is 1. The molecule has 0 spiro atoms. The predicted octanol–water partition coefficient (Wildman–Crippen LogP) is 2.03. The van der Waals surface area contributed by atoms with E-state index in [0.29, 0.717) is 6.42 Å². The second-order valence-corrected chi connectivity index (χ2v) is 6.33. The van der Waals surface area contributed by atoms with E-state index in [1.165, 1.54) is 0 Å². The van der Waals surface area contributed by atoms with Crippen molar-refractivity contribution in [2.24, 2.45) is 0 Å². The van der Waals surface area contributed by atoms with Gasteiger partial charge in [-0.2, -0.15) is 0 Å². The molecule has 0 aromatic carbocycles. The Morgan fingerprint density at radius 2 is 2.17 bits per heavy atom. The van der Waals surface area contributed by atoms with Crippen LogP contribution in [-0.2, 0) is 13.0 Å². The number of carbonyl (C=O) groups is 1. The highest BCUT2D eigenvalue weighted by molar-refractivity contribution is 5.74. The first kappa shape index (κ1) is 16.6.